The second-order valence-corrected chi connectivity index (χ2v) is 6.60. The van der Waals surface area contributed by atoms with Gasteiger partial charge in [0, 0.05) is 16.6 Å². The first-order valence-corrected chi connectivity index (χ1v) is 8.40. The minimum Gasteiger partial charge on any atom is -0.273 e. The fourth-order valence-corrected chi connectivity index (χ4v) is 3.35. The monoisotopic (exact) mass is 352 g/mol. The van der Waals surface area contributed by atoms with E-state index in [1.165, 1.54) is 23.5 Å². The molecule has 2 heterocycles. The number of hydrogen-bond donors (Lipinski definition) is 2. The molecule has 0 spiro atoms. The van der Waals surface area contributed by atoms with Gasteiger partial charge in [-0.1, -0.05) is 17.4 Å². The maximum Gasteiger partial charge on any atom is 0.269 e. The van der Waals surface area contributed by atoms with Crippen LogP contribution in [0.4, 0.5) is 9.52 Å². The zero-order valence-corrected chi connectivity index (χ0v) is 14.0. The van der Waals surface area contributed by atoms with Crippen LogP contribution in [0.15, 0.2) is 48.5 Å². The maximum atomic E-state index is 13.2. The number of carbonyl (C=O) groups is 1. The Balaban J connectivity index is 1.52. The molecule has 0 saturated heterocycles. The molecule has 0 fully saturated rings. The van der Waals surface area contributed by atoms with Crippen LogP contribution in [0.2, 0.25) is 0 Å². The number of aromatic nitrogens is 2. The average Bonchev–Trinajstić information content (AvgIpc) is 3.01. The third-order valence-electron chi connectivity index (χ3n) is 3.72. The van der Waals surface area contributed by atoms with Gasteiger partial charge in [0.25, 0.3) is 5.91 Å². The summed E-state index contributed by atoms with van der Waals surface area (Å²) in [5.41, 5.74) is 8.35. The van der Waals surface area contributed by atoms with E-state index in [4.69, 9.17) is 0 Å². The molecule has 0 aliphatic heterocycles. The second kappa shape index (κ2) is 6.10. The summed E-state index contributed by atoms with van der Waals surface area (Å²) in [5, 5.41) is 1.39. The van der Waals surface area contributed by atoms with Gasteiger partial charge in [0.05, 0.1) is 15.7 Å². The highest BCUT2D eigenvalue weighted by atomic mass is 32.1. The van der Waals surface area contributed by atoms with Crippen molar-refractivity contribution >= 4 is 43.5 Å². The van der Waals surface area contributed by atoms with Crippen LogP contribution in [0.3, 0.4) is 0 Å². The largest absolute Gasteiger partial charge is 0.273 e. The predicted octanol–water partition coefficient (Wildman–Crippen LogP) is 4.05. The number of halogens is 1. The van der Waals surface area contributed by atoms with Crippen LogP contribution in [0.5, 0.6) is 0 Å². The minimum absolute atomic E-state index is 0.284. The lowest BCUT2D eigenvalue weighted by Gasteiger charge is -2.06. The van der Waals surface area contributed by atoms with Crippen LogP contribution in [0.25, 0.3) is 21.1 Å². The molecular weight excluding hydrogens is 339 g/mol. The molecule has 0 aliphatic rings. The molecule has 7 heteroatoms. The zero-order valence-electron chi connectivity index (χ0n) is 13.2. The van der Waals surface area contributed by atoms with Crippen molar-refractivity contribution in [1.82, 2.24) is 15.4 Å². The van der Waals surface area contributed by atoms with Crippen molar-refractivity contribution in [2.45, 2.75) is 6.92 Å². The smallest absolute Gasteiger partial charge is 0.269 e. The Morgan fingerprint density at radius 3 is 2.76 bits per heavy atom. The first-order valence-electron chi connectivity index (χ1n) is 7.58. The highest BCUT2D eigenvalue weighted by Gasteiger charge is 2.09. The molecule has 2 aromatic carbocycles. The Labute approximate surface area is 146 Å². The van der Waals surface area contributed by atoms with Crippen molar-refractivity contribution < 1.29 is 9.18 Å². The number of benzene rings is 2. The summed E-state index contributed by atoms with van der Waals surface area (Å²) in [6, 6.07) is 13.5. The predicted molar refractivity (Wildman–Crippen MR) is 97.1 cm³/mol. The van der Waals surface area contributed by atoms with Crippen molar-refractivity contribution in [3.8, 4) is 0 Å². The molecule has 0 aliphatic carbocycles. The number of aryl methyl sites for hydroxylation is 1. The van der Waals surface area contributed by atoms with Crippen molar-refractivity contribution in [1.29, 1.82) is 0 Å². The van der Waals surface area contributed by atoms with Crippen molar-refractivity contribution in [2.24, 2.45) is 0 Å². The minimum atomic E-state index is -0.313. The van der Waals surface area contributed by atoms with Crippen LogP contribution in [-0.2, 0) is 0 Å². The van der Waals surface area contributed by atoms with Crippen LogP contribution < -0.4 is 10.9 Å². The first-order chi connectivity index (χ1) is 12.1. The standard InChI is InChI=1S/C18H13FN4OS/c1-10-2-3-11-8-12(4-6-14(11)20-10)17(24)22-23-18-21-15-7-5-13(19)9-16(15)25-18/h2-9H,1H3,(H,21,23)(H,22,24). The van der Waals surface area contributed by atoms with E-state index < -0.39 is 0 Å². The van der Waals surface area contributed by atoms with Gasteiger partial charge in [-0.25, -0.2) is 9.37 Å². The van der Waals surface area contributed by atoms with Crippen molar-refractivity contribution in [2.75, 3.05) is 5.43 Å². The number of anilines is 1. The van der Waals surface area contributed by atoms with Crippen molar-refractivity contribution in [3.63, 3.8) is 0 Å². The summed E-state index contributed by atoms with van der Waals surface area (Å²) in [4.78, 5) is 21.0. The van der Waals surface area contributed by atoms with Gasteiger partial charge in [-0.15, -0.1) is 0 Å². The van der Waals surface area contributed by atoms with Gasteiger partial charge in [-0.3, -0.25) is 20.6 Å². The van der Waals surface area contributed by atoms with Gasteiger partial charge in [0.1, 0.15) is 5.82 Å². The van der Waals surface area contributed by atoms with Gasteiger partial charge in [-0.05, 0) is 49.4 Å². The van der Waals surface area contributed by atoms with Crippen LogP contribution in [0, 0.1) is 12.7 Å². The topological polar surface area (TPSA) is 66.9 Å². The maximum absolute atomic E-state index is 13.2. The molecule has 0 bridgehead atoms. The van der Waals surface area contributed by atoms with E-state index in [2.05, 4.69) is 20.8 Å². The highest BCUT2D eigenvalue weighted by Crippen LogP contribution is 2.26. The van der Waals surface area contributed by atoms with E-state index >= 15 is 0 Å². The first kappa shape index (κ1) is 15.5. The molecule has 124 valence electrons. The summed E-state index contributed by atoms with van der Waals surface area (Å²) in [7, 11) is 0. The van der Waals surface area contributed by atoms with Gasteiger partial charge in [-0.2, -0.15) is 0 Å². The Morgan fingerprint density at radius 2 is 1.88 bits per heavy atom. The van der Waals surface area contributed by atoms with Gasteiger partial charge in [0.15, 0.2) is 0 Å². The number of nitrogens with one attached hydrogen (secondary N) is 2. The molecule has 25 heavy (non-hydrogen) atoms. The number of carbonyl (C=O) groups excluding carboxylic acids is 1. The second-order valence-electron chi connectivity index (χ2n) is 5.57. The Hall–Kier alpha value is -3.06. The van der Waals surface area contributed by atoms with Gasteiger partial charge in [0.2, 0.25) is 5.13 Å². The number of amides is 1. The fraction of sp³-hybridized carbons (Fsp3) is 0.0556. The normalized spacial score (nSPS) is 11.0. The number of rotatable bonds is 3. The van der Waals surface area contributed by atoms with E-state index in [1.807, 2.05) is 25.1 Å². The number of nitrogens with zero attached hydrogens (tertiary/aromatic N) is 2. The lowest BCUT2D eigenvalue weighted by molar-refractivity contribution is 0.0963. The molecule has 1 amide bonds. The average molecular weight is 352 g/mol. The highest BCUT2D eigenvalue weighted by molar-refractivity contribution is 7.22. The molecule has 2 aromatic heterocycles. The summed E-state index contributed by atoms with van der Waals surface area (Å²) >= 11 is 1.27. The van der Waals surface area contributed by atoms with E-state index in [0.29, 0.717) is 20.9 Å². The zero-order chi connectivity index (χ0) is 17.4. The number of hydrogen-bond acceptors (Lipinski definition) is 5. The summed E-state index contributed by atoms with van der Waals surface area (Å²) in [5.74, 6) is -0.598. The number of hydrazine groups is 1. The van der Waals surface area contributed by atoms with E-state index in [9.17, 15) is 9.18 Å². The number of thiazole rings is 1. The lowest BCUT2D eigenvalue weighted by Crippen LogP contribution is -2.29. The molecule has 2 N–H and O–H groups in total. The molecule has 0 unspecified atom stereocenters. The van der Waals surface area contributed by atoms with Crippen LogP contribution in [-0.4, -0.2) is 15.9 Å². The summed E-state index contributed by atoms with van der Waals surface area (Å²) in [6.45, 7) is 1.92. The van der Waals surface area contributed by atoms with Crippen LogP contribution >= 0.6 is 11.3 Å². The third kappa shape index (κ3) is 3.14. The summed E-state index contributed by atoms with van der Waals surface area (Å²) in [6.07, 6.45) is 0. The number of pyridine rings is 1. The molecule has 4 rings (SSSR count). The Morgan fingerprint density at radius 1 is 1.04 bits per heavy atom. The molecule has 0 atom stereocenters. The van der Waals surface area contributed by atoms with Gasteiger partial charge >= 0.3 is 0 Å². The molecule has 5 nitrogen and oxygen atoms in total. The quantitative estimate of drug-likeness (QED) is 0.546. The van der Waals surface area contributed by atoms with E-state index in [0.717, 1.165) is 16.6 Å². The molecular formula is C18H13FN4OS. The van der Waals surface area contributed by atoms with Gasteiger partial charge < -0.3 is 0 Å². The Bertz CT molecular complexity index is 1110. The van der Waals surface area contributed by atoms with Crippen LogP contribution in [0.1, 0.15) is 16.1 Å². The fourth-order valence-electron chi connectivity index (χ4n) is 2.50. The Kier molecular flexibility index (Phi) is 3.77. The van der Waals surface area contributed by atoms with E-state index in [1.54, 1.807) is 18.2 Å². The van der Waals surface area contributed by atoms with E-state index in [-0.39, 0.29) is 11.7 Å². The SMILES string of the molecule is Cc1ccc2cc(C(=O)NNc3nc4ccc(F)cc4s3)ccc2n1. The lowest BCUT2D eigenvalue weighted by atomic mass is 10.1. The summed E-state index contributed by atoms with van der Waals surface area (Å²) < 4.78 is 13.9. The molecule has 0 saturated carbocycles. The third-order valence-corrected chi connectivity index (χ3v) is 4.66. The number of fused-ring (bicyclic) bond motifs is 2. The molecule has 4 aromatic rings. The van der Waals surface area contributed by atoms with Crippen molar-refractivity contribution in [3.05, 3.63) is 65.6 Å². The molecule has 0 radical (unpaired) electrons.